The van der Waals surface area contributed by atoms with Gasteiger partial charge in [0.05, 0.1) is 23.2 Å². The molecule has 3 aromatic carbocycles. The molecule has 1 fully saturated rings. The SMILES string of the molecule is Cc1ccc(C(=O)OC[C@H]2O[C@@H](C3=NCC4C(=O)NC(N)=NN34)[C@](C)(OC(=O)c3ccc(C)cc3)[C@@H]2OC(=O)c2ccc(C)cc2)cc1. The number of nitrogens with zero attached hydrogens (tertiary/aromatic N) is 3. The average Bonchev–Trinajstić information content (AvgIpc) is 3.59. The third kappa shape index (κ3) is 6.36. The Labute approximate surface area is 276 Å². The Morgan fingerprint density at radius 2 is 1.40 bits per heavy atom. The fourth-order valence-electron chi connectivity index (χ4n) is 5.76. The van der Waals surface area contributed by atoms with Crippen LogP contribution < -0.4 is 11.1 Å². The van der Waals surface area contributed by atoms with Crippen LogP contribution in [0.15, 0.2) is 82.9 Å². The zero-order chi connectivity index (χ0) is 34.2. The van der Waals surface area contributed by atoms with E-state index < -0.39 is 53.8 Å². The first kappa shape index (κ1) is 32.4. The average molecular weight is 654 g/mol. The summed E-state index contributed by atoms with van der Waals surface area (Å²) in [6, 6.07) is 19.5. The van der Waals surface area contributed by atoms with Crippen molar-refractivity contribution in [1.82, 2.24) is 10.3 Å². The van der Waals surface area contributed by atoms with Crippen LogP contribution in [0.25, 0.3) is 0 Å². The van der Waals surface area contributed by atoms with Crippen LogP contribution in [0.5, 0.6) is 0 Å². The number of aryl methyl sites for hydroxylation is 3. The molecule has 13 nitrogen and oxygen atoms in total. The Morgan fingerprint density at radius 1 is 0.875 bits per heavy atom. The number of hydrogen-bond donors (Lipinski definition) is 2. The van der Waals surface area contributed by atoms with E-state index in [0.29, 0.717) is 5.56 Å². The van der Waals surface area contributed by atoms with Gasteiger partial charge in [0.15, 0.2) is 29.7 Å². The third-order valence-electron chi connectivity index (χ3n) is 8.48. The van der Waals surface area contributed by atoms with Gasteiger partial charge in [-0.1, -0.05) is 53.1 Å². The minimum atomic E-state index is -1.77. The molecule has 1 amide bonds. The minimum Gasteiger partial charge on any atom is -0.459 e. The molecule has 3 aromatic rings. The number of guanidine groups is 1. The summed E-state index contributed by atoms with van der Waals surface area (Å²) >= 11 is 0. The van der Waals surface area contributed by atoms with E-state index in [-0.39, 0.29) is 36.1 Å². The van der Waals surface area contributed by atoms with E-state index in [1.54, 1.807) is 79.7 Å². The highest BCUT2D eigenvalue weighted by Gasteiger charge is 2.63. The molecule has 0 saturated carbocycles. The number of hydrazone groups is 1. The molecule has 0 radical (unpaired) electrons. The molecule has 48 heavy (non-hydrogen) atoms. The van der Waals surface area contributed by atoms with E-state index in [0.717, 1.165) is 16.7 Å². The van der Waals surface area contributed by atoms with Crippen LogP contribution in [-0.2, 0) is 23.7 Å². The summed E-state index contributed by atoms with van der Waals surface area (Å²) < 4.78 is 24.5. The fraction of sp³-hybridized carbons (Fsp3) is 0.314. The maximum atomic E-state index is 13.7. The number of carbonyl (C=O) groups is 4. The maximum absolute atomic E-state index is 13.7. The summed E-state index contributed by atoms with van der Waals surface area (Å²) in [4.78, 5) is 57.7. The lowest BCUT2D eigenvalue weighted by atomic mass is 9.90. The molecule has 6 rings (SSSR count). The first-order valence-electron chi connectivity index (χ1n) is 15.4. The van der Waals surface area contributed by atoms with E-state index in [2.05, 4.69) is 15.4 Å². The molecule has 13 heteroatoms. The summed E-state index contributed by atoms with van der Waals surface area (Å²) in [6.45, 7) is 6.85. The predicted molar refractivity (Wildman–Crippen MR) is 173 cm³/mol. The topological polar surface area (TPSA) is 171 Å². The Kier molecular flexibility index (Phi) is 8.71. The van der Waals surface area contributed by atoms with E-state index in [4.69, 9.17) is 24.7 Å². The van der Waals surface area contributed by atoms with Crippen LogP contribution in [-0.4, -0.2) is 83.7 Å². The zero-order valence-electron chi connectivity index (χ0n) is 26.8. The number of carbonyl (C=O) groups excluding carboxylic acids is 4. The fourth-order valence-corrected chi connectivity index (χ4v) is 5.76. The van der Waals surface area contributed by atoms with Crippen molar-refractivity contribution in [3.63, 3.8) is 0 Å². The van der Waals surface area contributed by atoms with E-state index in [9.17, 15) is 19.2 Å². The molecular weight excluding hydrogens is 618 g/mol. The lowest BCUT2D eigenvalue weighted by molar-refractivity contribution is -0.124. The van der Waals surface area contributed by atoms with E-state index >= 15 is 0 Å². The van der Waals surface area contributed by atoms with Gasteiger partial charge in [-0.3, -0.25) is 15.1 Å². The van der Waals surface area contributed by atoms with Gasteiger partial charge in [0.25, 0.3) is 5.91 Å². The highest BCUT2D eigenvalue weighted by molar-refractivity contribution is 6.05. The van der Waals surface area contributed by atoms with Crippen LogP contribution in [0.3, 0.4) is 0 Å². The first-order chi connectivity index (χ1) is 22.9. The molecule has 0 aliphatic carbocycles. The number of fused-ring (bicyclic) bond motifs is 1. The van der Waals surface area contributed by atoms with Crippen molar-refractivity contribution in [2.24, 2.45) is 15.8 Å². The molecular formula is C35H35N5O8. The summed E-state index contributed by atoms with van der Waals surface area (Å²) in [5.74, 6) is -2.54. The number of ether oxygens (including phenoxy) is 4. The van der Waals surface area contributed by atoms with Crippen molar-refractivity contribution in [3.8, 4) is 0 Å². The van der Waals surface area contributed by atoms with Gasteiger partial charge >= 0.3 is 17.9 Å². The van der Waals surface area contributed by atoms with Gasteiger partial charge in [0.1, 0.15) is 12.7 Å². The van der Waals surface area contributed by atoms with Crippen molar-refractivity contribution in [2.45, 2.75) is 57.6 Å². The number of nitrogens with two attached hydrogens (primary N) is 1. The lowest BCUT2D eigenvalue weighted by Crippen LogP contribution is -2.60. The Bertz CT molecular complexity index is 1810. The van der Waals surface area contributed by atoms with Gasteiger partial charge in [0, 0.05) is 0 Å². The summed E-state index contributed by atoms with van der Waals surface area (Å²) in [7, 11) is 0. The van der Waals surface area contributed by atoms with Crippen molar-refractivity contribution < 1.29 is 38.1 Å². The molecule has 248 valence electrons. The normalized spacial score (nSPS) is 24.6. The molecule has 3 aliphatic heterocycles. The van der Waals surface area contributed by atoms with Crippen LogP contribution >= 0.6 is 0 Å². The van der Waals surface area contributed by atoms with Gasteiger partial charge in [-0.05, 0) is 64.1 Å². The van der Waals surface area contributed by atoms with Crippen molar-refractivity contribution in [2.75, 3.05) is 13.2 Å². The largest absolute Gasteiger partial charge is 0.459 e. The van der Waals surface area contributed by atoms with Gasteiger partial charge in [-0.15, -0.1) is 5.10 Å². The minimum absolute atomic E-state index is 0.0146. The summed E-state index contributed by atoms with van der Waals surface area (Å²) in [5, 5.41) is 8.07. The van der Waals surface area contributed by atoms with Gasteiger partial charge in [0.2, 0.25) is 5.96 Å². The maximum Gasteiger partial charge on any atom is 0.338 e. The highest BCUT2D eigenvalue weighted by Crippen LogP contribution is 2.41. The van der Waals surface area contributed by atoms with Crippen molar-refractivity contribution >= 4 is 35.6 Å². The van der Waals surface area contributed by atoms with Crippen molar-refractivity contribution in [1.29, 1.82) is 0 Å². The van der Waals surface area contributed by atoms with E-state index in [1.165, 1.54) is 5.01 Å². The standard InChI is InChI=1S/C35H35N5O8/c1-19-5-11-22(12-6-19)31(42)45-18-26-27(47-32(43)23-13-7-20(2)8-14-23)35(4,48-33(44)24-15-9-21(3)10-16-24)28(46-26)29-37-17-25-30(41)38-34(36)39-40(25)29/h5-16,25-28H,17-18H2,1-4H3,(H3,36,38,39,41)/t25?,26-,27-,28+,35-/m1/s1. The van der Waals surface area contributed by atoms with Crippen molar-refractivity contribution in [3.05, 3.63) is 106 Å². The molecule has 0 bridgehead atoms. The number of amidine groups is 1. The third-order valence-corrected chi connectivity index (χ3v) is 8.48. The molecule has 1 unspecified atom stereocenters. The number of nitrogens with one attached hydrogen (secondary N) is 1. The Hall–Kier alpha value is -5.56. The monoisotopic (exact) mass is 653 g/mol. The summed E-state index contributed by atoms with van der Waals surface area (Å²) in [5.41, 5.74) is 7.75. The molecule has 0 aromatic heterocycles. The zero-order valence-corrected chi connectivity index (χ0v) is 26.8. The highest BCUT2D eigenvalue weighted by atomic mass is 16.7. The molecule has 1 saturated heterocycles. The predicted octanol–water partition coefficient (Wildman–Crippen LogP) is 2.82. The Balaban J connectivity index is 1.38. The van der Waals surface area contributed by atoms with Crippen LogP contribution in [0, 0.1) is 20.8 Å². The van der Waals surface area contributed by atoms with Crippen LogP contribution in [0.4, 0.5) is 0 Å². The number of amides is 1. The number of rotatable bonds is 8. The van der Waals surface area contributed by atoms with Gasteiger partial charge in [-0.2, -0.15) is 0 Å². The molecule has 0 spiro atoms. The molecule has 3 heterocycles. The lowest BCUT2D eigenvalue weighted by Gasteiger charge is -2.36. The quantitative estimate of drug-likeness (QED) is 0.272. The van der Waals surface area contributed by atoms with Crippen LogP contribution in [0.2, 0.25) is 0 Å². The number of benzene rings is 3. The van der Waals surface area contributed by atoms with Crippen LogP contribution in [0.1, 0.15) is 54.7 Å². The molecule has 3 N–H and O–H groups in total. The van der Waals surface area contributed by atoms with E-state index in [1.807, 2.05) is 20.8 Å². The summed E-state index contributed by atoms with van der Waals surface area (Å²) in [6.07, 6.45) is -3.70. The smallest absolute Gasteiger partial charge is 0.338 e. The molecule has 3 aliphatic rings. The van der Waals surface area contributed by atoms with Gasteiger partial charge < -0.3 is 24.7 Å². The molecule has 5 atom stereocenters. The Morgan fingerprint density at radius 3 is 1.96 bits per heavy atom. The second-order valence-electron chi connectivity index (χ2n) is 12.2. The number of hydrogen-bond acceptors (Lipinski definition) is 12. The first-order valence-corrected chi connectivity index (χ1v) is 15.4. The second-order valence-corrected chi connectivity index (χ2v) is 12.2. The van der Waals surface area contributed by atoms with Gasteiger partial charge in [-0.25, -0.2) is 19.4 Å². The number of esters is 3. The number of aliphatic imine (C=N–C) groups is 1. The second kappa shape index (κ2) is 12.9.